The first-order valence-corrected chi connectivity index (χ1v) is 6.23. The van der Waals surface area contributed by atoms with Crippen molar-refractivity contribution in [1.29, 1.82) is 0 Å². The maximum absolute atomic E-state index is 11.9. The van der Waals surface area contributed by atoms with E-state index in [0.29, 0.717) is 5.56 Å². The number of esters is 1. The molecule has 0 aliphatic rings. The van der Waals surface area contributed by atoms with Crippen LogP contribution < -0.4 is 5.73 Å². The smallest absolute Gasteiger partial charge is 0.338 e. The third kappa shape index (κ3) is 3.35. The SMILES string of the molecule is CC(C)OC(=O)c1cccc(-c2ccc(N)cc2)c1. The van der Waals surface area contributed by atoms with Crippen LogP contribution >= 0.6 is 0 Å². The molecule has 3 heteroatoms. The molecule has 2 N–H and O–H groups in total. The maximum atomic E-state index is 11.9. The molecular formula is C16H17NO2. The number of benzene rings is 2. The van der Waals surface area contributed by atoms with Crippen molar-refractivity contribution >= 4 is 11.7 Å². The summed E-state index contributed by atoms with van der Waals surface area (Å²) in [6.07, 6.45) is -0.118. The first-order chi connectivity index (χ1) is 9.06. The van der Waals surface area contributed by atoms with Gasteiger partial charge in [-0.25, -0.2) is 4.79 Å². The highest BCUT2D eigenvalue weighted by molar-refractivity contribution is 5.91. The lowest BCUT2D eigenvalue weighted by atomic mass is 10.0. The summed E-state index contributed by atoms with van der Waals surface area (Å²) in [5.74, 6) is -0.299. The van der Waals surface area contributed by atoms with E-state index in [-0.39, 0.29) is 12.1 Å². The molecule has 0 heterocycles. The maximum Gasteiger partial charge on any atom is 0.338 e. The van der Waals surface area contributed by atoms with E-state index in [0.717, 1.165) is 16.8 Å². The van der Waals surface area contributed by atoms with Gasteiger partial charge in [0.1, 0.15) is 0 Å². The monoisotopic (exact) mass is 255 g/mol. The lowest BCUT2D eigenvalue weighted by Crippen LogP contribution is -2.11. The number of hydrogen-bond acceptors (Lipinski definition) is 3. The third-order valence-electron chi connectivity index (χ3n) is 2.69. The van der Waals surface area contributed by atoms with Crippen molar-refractivity contribution in [3.8, 4) is 11.1 Å². The van der Waals surface area contributed by atoms with Crippen molar-refractivity contribution in [2.75, 3.05) is 5.73 Å². The molecule has 0 amide bonds. The van der Waals surface area contributed by atoms with Crippen molar-refractivity contribution in [2.45, 2.75) is 20.0 Å². The Morgan fingerprint density at radius 3 is 2.37 bits per heavy atom. The van der Waals surface area contributed by atoms with Gasteiger partial charge in [-0.05, 0) is 49.2 Å². The summed E-state index contributed by atoms with van der Waals surface area (Å²) in [6.45, 7) is 3.67. The van der Waals surface area contributed by atoms with E-state index in [2.05, 4.69) is 0 Å². The third-order valence-corrected chi connectivity index (χ3v) is 2.69. The molecule has 19 heavy (non-hydrogen) atoms. The summed E-state index contributed by atoms with van der Waals surface area (Å²) >= 11 is 0. The zero-order valence-electron chi connectivity index (χ0n) is 11.1. The zero-order chi connectivity index (χ0) is 13.8. The van der Waals surface area contributed by atoms with E-state index in [4.69, 9.17) is 10.5 Å². The fourth-order valence-electron chi connectivity index (χ4n) is 1.78. The molecule has 0 aliphatic heterocycles. The summed E-state index contributed by atoms with van der Waals surface area (Å²) in [7, 11) is 0. The number of carbonyl (C=O) groups excluding carboxylic acids is 1. The first-order valence-electron chi connectivity index (χ1n) is 6.23. The standard InChI is InChI=1S/C16H17NO2/c1-11(2)19-16(18)14-5-3-4-13(10-14)12-6-8-15(17)9-7-12/h3-11H,17H2,1-2H3. The van der Waals surface area contributed by atoms with Crippen LogP contribution in [0.25, 0.3) is 11.1 Å². The van der Waals surface area contributed by atoms with Crippen LogP contribution in [0.2, 0.25) is 0 Å². The second-order valence-corrected chi connectivity index (χ2v) is 4.66. The van der Waals surface area contributed by atoms with Crippen LogP contribution in [0, 0.1) is 0 Å². The molecule has 0 saturated carbocycles. The van der Waals surface area contributed by atoms with E-state index < -0.39 is 0 Å². The van der Waals surface area contributed by atoms with Crippen molar-refractivity contribution < 1.29 is 9.53 Å². The molecule has 0 spiro atoms. The van der Waals surface area contributed by atoms with E-state index in [1.54, 1.807) is 6.07 Å². The van der Waals surface area contributed by atoms with Crippen molar-refractivity contribution in [3.63, 3.8) is 0 Å². The Hall–Kier alpha value is -2.29. The fraction of sp³-hybridized carbons (Fsp3) is 0.188. The molecule has 0 aromatic heterocycles. The minimum atomic E-state index is -0.299. The highest BCUT2D eigenvalue weighted by Crippen LogP contribution is 2.22. The molecule has 0 aliphatic carbocycles. The minimum Gasteiger partial charge on any atom is -0.459 e. The molecule has 2 aromatic carbocycles. The Kier molecular flexibility index (Phi) is 3.85. The minimum absolute atomic E-state index is 0.118. The van der Waals surface area contributed by atoms with Crippen LogP contribution in [-0.4, -0.2) is 12.1 Å². The predicted octanol–water partition coefficient (Wildman–Crippen LogP) is 3.50. The number of nitrogens with two attached hydrogens (primary N) is 1. The van der Waals surface area contributed by atoms with Gasteiger partial charge in [0.15, 0.2) is 0 Å². The number of rotatable bonds is 3. The summed E-state index contributed by atoms with van der Waals surface area (Å²) in [4.78, 5) is 11.9. The first kappa shape index (κ1) is 13.1. The molecular weight excluding hydrogens is 238 g/mol. The molecule has 0 unspecified atom stereocenters. The van der Waals surface area contributed by atoms with E-state index in [9.17, 15) is 4.79 Å². The molecule has 2 aromatic rings. The van der Waals surface area contributed by atoms with Gasteiger partial charge >= 0.3 is 5.97 Å². The lowest BCUT2D eigenvalue weighted by molar-refractivity contribution is 0.0378. The average molecular weight is 255 g/mol. The van der Waals surface area contributed by atoms with E-state index >= 15 is 0 Å². The predicted molar refractivity (Wildman–Crippen MR) is 76.8 cm³/mol. The molecule has 0 fully saturated rings. The normalized spacial score (nSPS) is 10.5. The highest BCUT2D eigenvalue weighted by atomic mass is 16.5. The molecule has 0 bridgehead atoms. The summed E-state index contributed by atoms with van der Waals surface area (Å²) in [5, 5.41) is 0. The average Bonchev–Trinajstić information content (AvgIpc) is 2.39. The van der Waals surface area contributed by atoms with Gasteiger partial charge in [-0.1, -0.05) is 24.3 Å². The molecule has 3 nitrogen and oxygen atoms in total. The van der Waals surface area contributed by atoms with E-state index in [1.807, 2.05) is 56.3 Å². The lowest BCUT2D eigenvalue weighted by Gasteiger charge is -2.09. The summed E-state index contributed by atoms with van der Waals surface area (Å²) in [5.41, 5.74) is 8.94. The Morgan fingerprint density at radius 1 is 1.05 bits per heavy atom. The number of hydrogen-bond donors (Lipinski definition) is 1. The van der Waals surface area contributed by atoms with Gasteiger partial charge < -0.3 is 10.5 Å². The van der Waals surface area contributed by atoms with Gasteiger partial charge in [0.2, 0.25) is 0 Å². The van der Waals surface area contributed by atoms with E-state index in [1.165, 1.54) is 0 Å². The van der Waals surface area contributed by atoms with Crippen molar-refractivity contribution in [1.82, 2.24) is 0 Å². The molecule has 2 rings (SSSR count). The number of carbonyl (C=O) groups is 1. The summed E-state index contributed by atoms with van der Waals surface area (Å²) in [6, 6.07) is 14.9. The van der Waals surface area contributed by atoms with Gasteiger partial charge in [0.05, 0.1) is 11.7 Å². The van der Waals surface area contributed by atoms with Crippen molar-refractivity contribution in [3.05, 3.63) is 54.1 Å². The van der Waals surface area contributed by atoms with Crippen LogP contribution in [0.5, 0.6) is 0 Å². The van der Waals surface area contributed by atoms with Crippen LogP contribution in [0.1, 0.15) is 24.2 Å². The highest BCUT2D eigenvalue weighted by Gasteiger charge is 2.10. The Balaban J connectivity index is 2.29. The van der Waals surface area contributed by atoms with Gasteiger partial charge in [0, 0.05) is 5.69 Å². The zero-order valence-corrected chi connectivity index (χ0v) is 11.1. The second-order valence-electron chi connectivity index (χ2n) is 4.66. The molecule has 0 radical (unpaired) electrons. The van der Waals surface area contributed by atoms with Crippen LogP contribution in [0.15, 0.2) is 48.5 Å². The Bertz CT molecular complexity index is 574. The Labute approximate surface area is 113 Å². The molecule has 98 valence electrons. The topological polar surface area (TPSA) is 52.3 Å². The molecule has 0 atom stereocenters. The van der Waals surface area contributed by atoms with Gasteiger partial charge in [-0.2, -0.15) is 0 Å². The number of ether oxygens (including phenoxy) is 1. The van der Waals surface area contributed by atoms with Crippen molar-refractivity contribution in [2.24, 2.45) is 0 Å². The molecule has 0 saturated heterocycles. The number of nitrogen functional groups attached to an aromatic ring is 1. The van der Waals surface area contributed by atoms with Crippen LogP contribution in [-0.2, 0) is 4.74 Å². The Morgan fingerprint density at radius 2 is 1.74 bits per heavy atom. The van der Waals surface area contributed by atoms with Crippen LogP contribution in [0.4, 0.5) is 5.69 Å². The van der Waals surface area contributed by atoms with Gasteiger partial charge in [-0.3, -0.25) is 0 Å². The second kappa shape index (κ2) is 5.57. The largest absolute Gasteiger partial charge is 0.459 e. The fourth-order valence-corrected chi connectivity index (χ4v) is 1.78. The summed E-state index contributed by atoms with van der Waals surface area (Å²) < 4.78 is 5.19. The van der Waals surface area contributed by atoms with Gasteiger partial charge in [-0.15, -0.1) is 0 Å². The number of anilines is 1. The van der Waals surface area contributed by atoms with Crippen LogP contribution in [0.3, 0.4) is 0 Å². The van der Waals surface area contributed by atoms with Gasteiger partial charge in [0.25, 0.3) is 0 Å². The quantitative estimate of drug-likeness (QED) is 0.674.